The van der Waals surface area contributed by atoms with Crippen LogP contribution in [0.3, 0.4) is 0 Å². The number of likely N-dealkylation sites (N-methyl/N-ethyl adjacent to an activating group) is 1. The number of aryl methyl sites for hydroxylation is 1. The zero-order valence-corrected chi connectivity index (χ0v) is 11.1. The molecule has 0 saturated carbocycles. The van der Waals surface area contributed by atoms with Crippen LogP contribution >= 0.6 is 0 Å². The lowest BCUT2D eigenvalue weighted by molar-refractivity contribution is -0.137. The number of aliphatic hydroxyl groups is 1. The zero-order valence-electron chi connectivity index (χ0n) is 11.1. The first-order valence-electron chi connectivity index (χ1n) is 6.46. The van der Waals surface area contributed by atoms with Crippen molar-refractivity contribution in [1.29, 1.82) is 0 Å². The maximum atomic E-state index is 12.4. The third-order valence-electron chi connectivity index (χ3n) is 3.08. The third kappa shape index (κ3) is 5.61. The molecule has 0 aliphatic heterocycles. The molecule has 0 spiro atoms. The molecule has 2 nitrogen and oxygen atoms in total. The van der Waals surface area contributed by atoms with E-state index in [-0.39, 0.29) is 6.61 Å². The first kappa shape index (κ1) is 16.0. The summed E-state index contributed by atoms with van der Waals surface area (Å²) in [4.78, 5) is 2.12. The van der Waals surface area contributed by atoms with Crippen LogP contribution in [0.4, 0.5) is 13.2 Å². The Bertz CT molecular complexity index is 362. The van der Waals surface area contributed by atoms with Crippen LogP contribution in [0, 0.1) is 0 Å². The fourth-order valence-electron chi connectivity index (χ4n) is 1.94. The van der Waals surface area contributed by atoms with Crippen LogP contribution < -0.4 is 0 Å². The van der Waals surface area contributed by atoms with E-state index in [2.05, 4.69) is 4.90 Å². The van der Waals surface area contributed by atoms with Gasteiger partial charge in [0.25, 0.3) is 0 Å². The minimum absolute atomic E-state index is 0.133. The van der Waals surface area contributed by atoms with Gasteiger partial charge in [-0.25, -0.2) is 0 Å². The van der Waals surface area contributed by atoms with Crippen molar-refractivity contribution >= 4 is 0 Å². The Balaban J connectivity index is 2.42. The molecule has 0 aromatic heterocycles. The number of halogens is 3. The number of benzene rings is 1. The molecule has 1 N–H and O–H groups in total. The summed E-state index contributed by atoms with van der Waals surface area (Å²) in [5, 5.41) is 8.84. The van der Waals surface area contributed by atoms with Crippen LogP contribution in [-0.4, -0.2) is 36.2 Å². The van der Waals surface area contributed by atoms with Gasteiger partial charge in [0.1, 0.15) is 0 Å². The van der Waals surface area contributed by atoms with Crippen LogP contribution in [-0.2, 0) is 12.6 Å². The SMILES string of the molecule is CCN(CCO)CCCc1ccc(C(F)(F)F)cc1. The summed E-state index contributed by atoms with van der Waals surface area (Å²) >= 11 is 0. The highest BCUT2D eigenvalue weighted by Crippen LogP contribution is 2.29. The fraction of sp³-hybridized carbons (Fsp3) is 0.571. The Morgan fingerprint density at radius 3 is 2.21 bits per heavy atom. The molecule has 0 fully saturated rings. The number of alkyl halides is 3. The van der Waals surface area contributed by atoms with E-state index >= 15 is 0 Å². The summed E-state index contributed by atoms with van der Waals surface area (Å²) in [6.07, 6.45) is -2.64. The quantitative estimate of drug-likeness (QED) is 0.827. The Kier molecular flexibility index (Phi) is 6.31. The molecule has 5 heteroatoms. The van der Waals surface area contributed by atoms with E-state index in [1.807, 2.05) is 6.92 Å². The van der Waals surface area contributed by atoms with Crippen LogP contribution in [0.15, 0.2) is 24.3 Å². The molecule has 0 heterocycles. The van der Waals surface area contributed by atoms with Crippen molar-refractivity contribution in [2.45, 2.75) is 25.9 Å². The molecule has 0 aliphatic rings. The summed E-state index contributed by atoms with van der Waals surface area (Å²) < 4.78 is 37.1. The van der Waals surface area contributed by atoms with Gasteiger partial charge in [-0.1, -0.05) is 19.1 Å². The van der Waals surface area contributed by atoms with Gasteiger partial charge in [-0.3, -0.25) is 0 Å². The fourth-order valence-corrected chi connectivity index (χ4v) is 1.94. The molecule has 0 aliphatic carbocycles. The maximum absolute atomic E-state index is 12.4. The van der Waals surface area contributed by atoms with Gasteiger partial charge >= 0.3 is 6.18 Å². The molecular weight excluding hydrogens is 255 g/mol. The van der Waals surface area contributed by atoms with Crippen molar-refractivity contribution in [3.63, 3.8) is 0 Å². The minimum Gasteiger partial charge on any atom is -0.395 e. The van der Waals surface area contributed by atoms with Gasteiger partial charge in [0, 0.05) is 6.54 Å². The largest absolute Gasteiger partial charge is 0.416 e. The average Bonchev–Trinajstić information content (AvgIpc) is 2.37. The lowest BCUT2D eigenvalue weighted by Crippen LogP contribution is -2.27. The van der Waals surface area contributed by atoms with Crippen LogP contribution in [0.1, 0.15) is 24.5 Å². The number of hydrogen-bond acceptors (Lipinski definition) is 2. The molecule has 0 atom stereocenters. The standard InChI is InChI=1S/C14H20F3NO/c1-2-18(10-11-19)9-3-4-12-5-7-13(8-6-12)14(15,16)17/h5-8,19H,2-4,9-11H2,1H3. The molecule has 19 heavy (non-hydrogen) atoms. The summed E-state index contributed by atoms with van der Waals surface area (Å²) in [6, 6.07) is 5.32. The first-order valence-corrected chi connectivity index (χ1v) is 6.46. The Hall–Kier alpha value is -1.07. The van der Waals surface area contributed by atoms with Crippen molar-refractivity contribution in [1.82, 2.24) is 4.90 Å². The predicted octanol–water partition coefficient (Wildman–Crippen LogP) is 2.95. The van der Waals surface area contributed by atoms with Crippen molar-refractivity contribution in [2.75, 3.05) is 26.2 Å². The highest BCUT2D eigenvalue weighted by molar-refractivity contribution is 5.24. The molecule has 0 amide bonds. The summed E-state index contributed by atoms with van der Waals surface area (Å²) in [5.74, 6) is 0. The Morgan fingerprint density at radius 1 is 1.11 bits per heavy atom. The average molecular weight is 275 g/mol. The van der Waals surface area contributed by atoms with E-state index in [0.29, 0.717) is 6.54 Å². The monoisotopic (exact) mass is 275 g/mol. The molecule has 0 bridgehead atoms. The summed E-state index contributed by atoms with van der Waals surface area (Å²) in [7, 11) is 0. The topological polar surface area (TPSA) is 23.5 Å². The lowest BCUT2D eigenvalue weighted by atomic mass is 10.1. The number of hydrogen-bond donors (Lipinski definition) is 1. The normalized spacial score (nSPS) is 12.1. The molecule has 108 valence electrons. The van der Waals surface area contributed by atoms with E-state index < -0.39 is 11.7 Å². The van der Waals surface area contributed by atoms with Crippen molar-refractivity contribution in [3.05, 3.63) is 35.4 Å². The van der Waals surface area contributed by atoms with E-state index in [1.165, 1.54) is 12.1 Å². The number of nitrogens with zero attached hydrogens (tertiary/aromatic N) is 1. The number of aliphatic hydroxyl groups excluding tert-OH is 1. The van der Waals surface area contributed by atoms with Gasteiger partial charge in [-0.2, -0.15) is 13.2 Å². The first-order chi connectivity index (χ1) is 8.97. The minimum atomic E-state index is -4.27. The molecule has 0 radical (unpaired) electrons. The van der Waals surface area contributed by atoms with Gasteiger partial charge in [0.15, 0.2) is 0 Å². The van der Waals surface area contributed by atoms with Crippen molar-refractivity contribution < 1.29 is 18.3 Å². The zero-order chi connectivity index (χ0) is 14.3. The van der Waals surface area contributed by atoms with Crippen LogP contribution in [0.25, 0.3) is 0 Å². The highest BCUT2D eigenvalue weighted by atomic mass is 19.4. The summed E-state index contributed by atoms with van der Waals surface area (Å²) in [6.45, 7) is 4.51. The highest BCUT2D eigenvalue weighted by Gasteiger charge is 2.29. The van der Waals surface area contributed by atoms with Gasteiger partial charge < -0.3 is 10.0 Å². The molecule has 1 aromatic carbocycles. The second kappa shape index (κ2) is 7.50. The molecule has 1 aromatic rings. The van der Waals surface area contributed by atoms with E-state index in [4.69, 9.17) is 5.11 Å². The van der Waals surface area contributed by atoms with Gasteiger partial charge in [-0.05, 0) is 43.6 Å². The van der Waals surface area contributed by atoms with Gasteiger partial charge in [0.05, 0.1) is 12.2 Å². The Morgan fingerprint density at radius 2 is 1.74 bits per heavy atom. The third-order valence-corrected chi connectivity index (χ3v) is 3.08. The van der Waals surface area contributed by atoms with Crippen molar-refractivity contribution in [2.24, 2.45) is 0 Å². The van der Waals surface area contributed by atoms with E-state index in [1.54, 1.807) is 0 Å². The van der Waals surface area contributed by atoms with Crippen LogP contribution in [0.5, 0.6) is 0 Å². The van der Waals surface area contributed by atoms with E-state index in [9.17, 15) is 13.2 Å². The second-order valence-corrected chi connectivity index (χ2v) is 4.46. The van der Waals surface area contributed by atoms with Gasteiger partial charge in [-0.15, -0.1) is 0 Å². The second-order valence-electron chi connectivity index (χ2n) is 4.46. The van der Waals surface area contributed by atoms with Gasteiger partial charge in [0.2, 0.25) is 0 Å². The predicted molar refractivity (Wildman–Crippen MR) is 69.0 cm³/mol. The molecule has 1 rings (SSSR count). The summed E-state index contributed by atoms with van der Waals surface area (Å²) in [5.41, 5.74) is 0.305. The van der Waals surface area contributed by atoms with E-state index in [0.717, 1.165) is 43.6 Å². The lowest BCUT2D eigenvalue weighted by Gasteiger charge is -2.18. The molecule has 0 unspecified atom stereocenters. The molecule has 0 saturated heterocycles. The van der Waals surface area contributed by atoms with Crippen molar-refractivity contribution in [3.8, 4) is 0 Å². The smallest absolute Gasteiger partial charge is 0.395 e. The van der Waals surface area contributed by atoms with Crippen LogP contribution in [0.2, 0.25) is 0 Å². The number of rotatable bonds is 7. The maximum Gasteiger partial charge on any atom is 0.416 e. The Labute approximate surface area is 111 Å². The molecular formula is C14H20F3NO.